The van der Waals surface area contributed by atoms with Gasteiger partial charge in [0.15, 0.2) is 0 Å². The fraction of sp³-hybridized carbons (Fsp3) is 0.556. The van der Waals surface area contributed by atoms with Crippen LogP contribution in [0, 0.1) is 12.8 Å². The Bertz CT molecular complexity index is 571. The first-order chi connectivity index (χ1) is 10.9. The fourth-order valence-electron chi connectivity index (χ4n) is 3.19. The number of aryl methyl sites for hydroxylation is 1. The standard InChI is InChI=1S/C18H27N3O2/c1-13-7-5-6-8-15(13)9-18(23)19-17-12-21(14(2)22)11-16(17)10-20(3)4/h5-8,16-17H,9-12H2,1-4H3,(H,19,23)/t16-,17-/m1/s1. The number of rotatable bonds is 5. The summed E-state index contributed by atoms with van der Waals surface area (Å²) in [6.07, 6.45) is 0.387. The summed E-state index contributed by atoms with van der Waals surface area (Å²) in [4.78, 5) is 28.0. The van der Waals surface area contributed by atoms with Crippen LogP contribution in [0.25, 0.3) is 0 Å². The third-order valence-corrected chi connectivity index (χ3v) is 4.44. The summed E-state index contributed by atoms with van der Waals surface area (Å²) >= 11 is 0. The summed E-state index contributed by atoms with van der Waals surface area (Å²) in [6, 6.07) is 7.97. The van der Waals surface area contributed by atoms with Crippen molar-refractivity contribution in [1.29, 1.82) is 0 Å². The minimum Gasteiger partial charge on any atom is -0.351 e. The van der Waals surface area contributed by atoms with E-state index < -0.39 is 0 Å². The fourth-order valence-corrected chi connectivity index (χ4v) is 3.19. The summed E-state index contributed by atoms with van der Waals surface area (Å²) in [5.41, 5.74) is 2.18. The largest absolute Gasteiger partial charge is 0.351 e. The molecule has 0 unspecified atom stereocenters. The summed E-state index contributed by atoms with van der Waals surface area (Å²) in [5, 5.41) is 3.14. The van der Waals surface area contributed by atoms with Crippen molar-refractivity contribution >= 4 is 11.8 Å². The zero-order chi connectivity index (χ0) is 17.0. The molecule has 1 aliphatic heterocycles. The molecule has 1 aromatic rings. The van der Waals surface area contributed by atoms with E-state index in [0.717, 1.165) is 17.7 Å². The molecule has 0 saturated carbocycles. The molecule has 1 fully saturated rings. The topological polar surface area (TPSA) is 52.7 Å². The van der Waals surface area contributed by atoms with Crippen molar-refractivity contribution in [2.75, 3.05) is 33.7 Å². The maximum absolute atomic E-state index is 12.4. The second kappa shape index (κ2) is 7.59. The average molecular weight is 317 g/mol. The number of nitrogens with one attached hydrogen (secondary N) is 1. The molecule has 5 heteroatoms. The van der Waals surface area contributed by atoms with Gasteiger partial charge in [0.25, 0.3) is 0 Å². The van der Waals surface area contributed by atoms with E-state index in [1.807, 2.05) is 50.2 Å². The lowest BCUT2D eigenvalue weighted by Crippen LogP contribution is -2.44. The Morgan fingerprint density at radius 2 is 1.96 bits per heavy atom. The zero-order valence-electron chi connectivity index (χ0n) is 14.5. The molecule has 2 amide bonds. The van der Waals surface area contributed by atoms with Crippen LogP contribution in [0.15, 0.2) is 24.3 Å². The molecule has 0 spiro atoms. The number of amides is 2. The summed E-state index contributed by atoms with van der Waals surface area (Å²) in [6.45, 7) is 5.78. The van der Waals surface area contributed by atoms with Crippen molar-refractivity contribution in [3.05, 3.63) is 35.4 Å². The van der Waals surface area contributed by atoms with Gasteiger partial charge in [0.05, 0.1) is 12.5 Å². The molecule has 0 aromatic heterocycles. The average Bonchev–Trinajstić information content (AvgIpc) is 2.84. The van der Waals surface area contributed by atoms with Crippen LogP contribution in [0.2, 0.25) is 0 Å². The molecule has 0 aliphatic carbocycles. The van der Waals surface area contributed by atoms with Gasteiger partial charge in [-0.15, -0.1) is 0 Å². The molecular formula is C18H27N3O2. The predicted octanol–water partition coefficient (Wildman–Crippen LogP) is 1.06. The third-order valence-electron chi connectivity index (χ3n) is 4.44. The van der Waals surface area contributed by atoms with Gasteiger partial charge in [0, 0.05) is 32.5 Å². The van der Waals surface area contributed by atoms with Gasteiger partial charge in [0.1, 0.15) is 0 Å². The molecule has 1 aliphatic rings. The lowest BCUT2D eigenvalue weighted by atomic mass is 10.0. The SMILES string of the molecule is CC(=O)N1C[C@@H](CN(C)C)[C@H](NC(=O)Cc2ccccc2C)C1. The molecule has 1 saturated heterocycles. The Hall–Kier alpha value is -1.88. The van der Waals surface area contributed by atoms with Crippen LogP contribution in [0.5, 0.6) is 0 Å². The van der Waals surface area contributed by atoms with E-state index in [1.165, 1.54) is 0 Å². The first-order valence-corrected chi connectivity index (χ1v) is 8.11. The van der Waals surface area contributed by atoms with Crippen LogP contribution < -0.4 is 5.32 Å². The molecule has 0 radical (unpaired) electrons. The van der Waals surface area contributed by atoms with E-state index in [9.17, 15) is 9.59 Å². The number of nitrogens with zero attached hydrogens (tertiary/aromatic N) is 2. The van der Waals surface area contributed by atoms with Crippen molar-refractivity contribution in [2.24, 2.45) is 5.92 Å². The first-order valence-electron chi connectivity index (χ1n) is 8.11. The molecule has 2 rings (SSSR count). The van der Waals surface area contributed by atoms with Crippen LogP contribution in [-0.4, -0.2) is 61.4 Å². The van der Waals surface area contributed by atoms with Crippen molar-refractivity contribution in [1.82, 2.24) is 15.1 Å². The maximum atomic E-state index is 12.4. The number of benzene rings is 1. The van der Waals surface area contributed by atoms with E-state index in [4.69, 9.17) is 0 Å². The lowest BCUT2D eigenvalue weighted by molar-refractivity contribution is -0.128. The summed E-state index contributed by atoms with van der Waals surface area (Å²) in [5.74, 6) is 0.373. The number of carbonyl (C=O) groups is 2. The van der Waals surface area contributed by atoms with Gasteiger partial charge in [0.2, 0.25) is 11.8 Å². The zero-order valence-corrected chi connectivity index (χ0v) is 14.5. The minimum atomic E-state index is 0.0258. The lowest BCUT2D eigenvalue weighted by Gasteiger charge is -2.22. The van der Waals surface area contributed by atoms with Gasteiger partial charge in [-0.25, -0.2) is 0 Å². The number of hydrogen-bond acceptors (Lipinski definition) is 3. The van der Waals surface area contributed by atoms with Crippen LogP contribution in [0.4, 0.5) is 0 Å². The highest BCUT2D eigenvalue weighted by Crippen LogP contribution is 2.18. The van der Waals surface area contributed by atoms with Crippen LogP contribution in [0.3, 0.4) is 0 Å². The monoisotopic (exact) mass is 317 g/mol. The van der Waals surface area contributed by atoms with Crippen molar-refractivity contribution in [3.8, 4) is 0 Å². The Labute approximate surface area is 138 Å². The van der Waals surface area contributed by atoms with Crippen LogP contribution >= 0.6 is 0 Å². The molecule has 0 bridgehead atoms. The summed E-state index contributed by atoms with van der Waals surface area (Å²) in [7, 11) is 4.03. The van der Waals surface area contributed by atoms with Gasteiger partial charge in [-0.05, 0) is 32.1 Å². The Morgan fingerprint density at radius 3 is 2.57 bits per heavy atom. The van der Waals surface area contributed by atoms with Gasteiger partial charge in [-0.2, -0.15) is 0 Å². The van der Waals surface area contributed by atoms with Crippen LogP contribution in [0.1, 0.15) is 18.1 Å². The van der Waals surface area contributed by atoms with E-state index in [0.29, 0.717) is 19.5 Å². The molecule has 126 valence electrons. The molecule has 1 aromatic carbocycles. The van der Waals surface area contributed by atoms with Gasteiger partial charge >= 0.3 is 0 Å². The molecular weight excluding hydrogens is 290 g/mol. The summed E-state index contributed by atoms with van der Waals surface area (Å²) < 4.78 is 0. The van der Waals surface area contributed by atoms with E-state index in [1.54, 1.807) is 6.92 Å². The normalized spacial score (nSPS) is 20.8. The van der Waals surface area contributed by atoms with Crippen LogP contribution in [-0.2, 0) is 16.0 Å². The highest BCUT2D eigenvalue weighted by molar-refractivity contribution is 5.79. The smallest absolute Gasteiger partial charge is 0.224 e. The highest BCUT2D eigenvalue weighted by atomic mass is 16.2. The van der Waals surface area contributed by atoms with E-state index in [2.05, 4.69) is 10.2 Å². The number of likely N-dealkylation sites (tertiary alicyclic amines) is 1. The van der Waals surface area contributed by atoms with Crippen molar-refractivity contribution in [2.45, 2.75) is 26.3 Å². The van der Waals surface area contributed by atoms with Gasteiger partial charge in [-0.3, -0.25) is 9.59 Å². The number of hydrogen-bond donors (Lipinski definition) is 1. The molecule has 1 heterocycles. The second-order valence-corrected chi connectivity index (χ2v) is 6.72. The third kappa shape index (κ3) is 4.79. The number of carbonyl (C=O) groups excluding carboxylic acids is 2. The molecule has 5 nitrogen and oxygen atoms in total. The highest BCUT2D eigenvalue weighted by Gasteiger charge is 2.35. The first kappa shape index (κ1) is 17.5. The van der Waals surface area contributed by atoms with Gasteiger partial charge in [-0.1, -0.05) is 24.3 Å². The Kier molecular flexibility index (Phi) is 5.77. The molecule has 2 atom stereocenters. The van der Waals surface area contributed by atoms with E-state index >= 15 is 0 Å². The Morgan fingerprint density at radius 1 is 1.26 bits per heavy atom. The molecule has 23 heavy (non-hydrogen) atoms. The van der Waals surface area contributed by atoms with Gasteiger partial charge < -0.3 is 15.1 Å². The Balaban J connectivity index is 1.99. The second-order valence-electron chi connectivity index (χ2n) is 6.72. The van der Waals surface area contributed by atoms with Crippen molar-refractivity contribution in [3.63, 3.8) is 0 Å². The quantitative estimate of drug-likeness (QED) is 0.883. The van der Waals surface area contributed by atoms with E-state index in [-0.39, 0.29) is 23.8 Å². The minimum absolute atomic E-state index is 0.0258. The maximum Gasteiger partial charge on any atom is 0.224 e. The molecule has 1 N–H and O–H groups in total. The van der Waals surface area contributed by atoms with Crippen molar-refractivity contribution < 1.29 is 9.59 Å². The predicted molar refractivity (Wildman–Crippen MR) is 91.1 cm³/mol.